The number of aryl methyl sites for hydroxylation is 1. The summed E-state index contributed by atoms with van der Waals surface area (Å²) in [5, 5.41) is 38.5. The van der Waals surface area contributed by atoms with Gasteiger partial charge < -0.3 is 10.2 Å². The van der Waals surface area contributed by atoms with E-state index in [1.165, 1.54) is 13.0 Å². The second kappa shape index (κ2) is 8.97. The Morgan fingerprint density at radius 3 is 2.48 bits per heavy atom. The van der Waals surface area contributed by atoms with Crippen molar-refractivity contribution in [3.05, 3.63) is 82.9 Å². The normalized spacial score (nSPS) is 10.7. The van der Waals surface area contributed by atoms with E-state index in [1.807, 2.05) is 25.1 Å². The fourth-order valence-electron chi connectivity index (χ4n) is 3.73. The minimum Gasteiger partial charge on any atom is -0.508 e. The Kier molecular flexibility index (Phi) is 5.92. The molecule has 0 spiro atoms. The molecular weight excluding hydrogens is 416 g/mol. The maximum absolute atomic E-state index is 12.0. The van der Waals surface area contributed by atoms with Crippen LogP contribution in [0.25, 0.3) is 22.5 Å². The third-order valence-electron chi connectivity index (χ3n) is 5.53. The summed E-state index contributed by atoms with van der Waals surface area (Å²) in [6, 6.07) is 19.5. The zero-order valence-corrected chi connectivity index (χ0v) is 18.3. The summed E-state index contributed by atoms with van der Waals surface area (Å²) in [4.78, 5) is 12.0. The van der Waals surface area contributed by atoms with Gasteiger partial charge in [0.1, 0.15) is 17.2 Å². The number of carbonyl (C=O) groups is 1. The quantitative estimate of drug-likeness (QED) is 0.422. The summed E-state index contributed by atoms with van der Waals surface area (Å²) >= 11 is 0. The van der Waals surface area contributed by atoms with Crippen molar-refractivity contribution in [2.75, 3.05) is 0 Å². The molecule has 0 radical (unpaired) electrons. The number of nitrogens with zero attached hydrogens (tertiary/aromatic N) is 4. The van der Waals surface area contributed by atoms with Gasteiger partial charge in [0.05, 0.1) is 23.9 Å². The standard InChI is InChI=1S/C26H22N4O3/c1-3-19-12-22(24(33)13-23(19)32)25-26(21-6-4-5-20(11-21)16(2)31)30(29-28-25)15-18-9-7-17(14-27)8-10-18/h4-13,32-33H,3,15H2,1-2H3. The molecule has 0 aliphatic rings. The van der Waals surface area contributed by atoms with Crippen molar-refractivity contribution >= 4 is 5.78 Å². The van der Waals surface area contributed by atoms with E-state index in [0.717, 1.165) is 11.1 Å². The van der Waals surface area contributed by atoms with Crippen LogP contribution >= 0.6 is 0 Å². The van der Waals surface area contributed by atoms with Gasteiger partial charge in [0, 0.05) is 22.8 Å². The molecule has 33 heavy (non-hydrogen) atoms. The Bertz CT molecular complexity index is 1380. The molecule has 3 aromatic carbocycles. The van der Waals surface area contributed by atoms with Gasteiger partial charge in [-0.15, -0.1) is 5.10 Å². The maximum atomic E-state index is 12.0. The molecule has 0 atom stereocenters. The highest BCUT2D eigenvalue weighted by atomic mass is 16.3. The van der Waals surface area contributed by atoms with Crippen LogP contribution in [0.4, 0.5) is 0 Å². The van der Waals surface area contributed by atoms with Gasteiger partial charge in [-0.05, 0) is 48.7 Å². The molecule has 7 heteroatoms. The highest BCUT2D eigenvalue weighted by Gasteiger charge is 2.21. The predicted molar refractivity (Wildman–Crippen MR) is 124 cm³/mol. The molecule has 0 saturated carbocycles. The van der Waals surface area contributed by atoms with Crippen molar-refractivity contribution < 1.29 is 15.0 Å². The average molecular weight is 438 g/mol. The van der Waals surface area contributed by atoms with Crippen LogP contribution in [0.2, 0.25) is 0 Å². The molecule has 0 fully saturated rings. The van der Waals surface area contributed by atoms with Crippen molar-refractivity contribution in [1.82, 2.24) is 15.0 Å². The largest absolute Gasteiger partial charge is 0.508 e. The van der Waals surface area contributed by atoms with Crippen molar-refractivity contribution in [1.29, 1.82) is 5.26 Å². The number of carbonyl (C=O) groups excluding carboxylic acids is 1. The molecule has 0 amide bonds. The van der Waals surface area contributed by atoms with Crippen LogP contribution in [0.1, 0.15) is 40.9 Å². The Balaban J connectivity index is 1.90. The maximum Gasteiger partial charge on any atom is 0.159 e. The van der Waals surface area contributed by atoms with Crippen molar-refractivity contribution in [2.24, 2.45) is 0 Å². The lowest BCUT2D eigenvalue weighted by atomic mass is 9.98. The fraction of sp³-hybridized carbons (Fsp3) is 0.154. The summed E-state index contributed by atoms with van der Waals surface area (Å²) in [7, 11) is 0. The lowest BCUT2D eigenvalue weighted by Gasteiger charge is -2.12. The topological polar surface area (TPSA) is 112 Å². The predicted octanol–water partition coefficient (Wildman–Crippen LogP) is 4.71. The highest BCUT2D eigenvalue weighted by molar-refractivity contribution is 5.95. The molecule has 1 aromatic heterocycles. The number of benzene rings is 3. The van der Waals surface area contributed by atoms with E-state index in [0.29, 0.717) is 46.6 Å². The second-order valence-electron chi connectivity index (χ2n) is 7.74. The van der Waals surface area contributed by atoms with Crippen LogP contribution < -0.4 is 0 Å². The number of ketones is 1. The summed E-state index contributed by atoms with van der Waals surface area (Å²) in [6.07, 6.45) is 0.577. The molecule has 164 valence electrons. The Hall–Kier alpha value is -4.44. The van der Waals surface area contributed by atoms with Crippen molar-refractivity contribution in [3.63, 3.8) is 0 Å². The van der Waals surface area contributed by atoms with Crippen LogP contribution in [0, 0.1) is 11.3 Å². The Morgan fingerprint density at radius 1 is 1.06 bits per heavy atom. The third-order valence-corrected chi connectivity index (χ3v) is 5.53. The van der Waals surface area contributed by atoms with E-state index >= 15 is 0 Å². The van der Waals surface area contributed by atoms with E-state index in [2.05, 4.69) is 16.4 Å². The van der Waals surface area contributed by atoms with E-state index in [9.17, 15) is 15.0 Å². The number of nitriles is 1. The molecule has 0 bridgehead atoms. The molecule has 0 aliphatic carbocycles. The molecule has 1 heterocycles. The number of aromatic hydroxyl groups is 2. The molecule has 0 saturated heterocycles. The van der Waals surface area contributed by atoms with E-state index in [4.69, 9.17) is 5.26 Å². The van der Waals surface area contributed by atoms with Gasteiger partial charge in [-0.2, -0.15) is 5.26 Å². The number of phenols is 2. The van der Waals surface area contributed by atoms with Gasteiger partial charge >= 0.3 is 0 Å². The van der Waals surface area contributed by atoms with Crippen molar-refractivity contribution in [3.8, 4) is 40.1 Å². The van der Waals surface area contributed by atoms with Crippen LogP contribution in [-0.2, 0) is 13.0 Å². The zero-order chi connectivity index (χ0) is 23.5. The van der Waals surface area contributed by atoms with Crippen LogP contribution in [0.15, 0.2) is 60.7 Å². The van der Waals surface area contributed by atoms with Gasteiger partial charge in [0.15, 0.2) is 5.78 Å². The number of rotatable bonds is 6. The summed E-state index contributed by atoms with van der Waals surface area (Å²) in [5.74, 6) is -0.159. The minimum atomic E-state index is -0.112. The van der Waals surface area contributed by atoms with Gasteiger partial charge in [-0.25, -0.2) is 4.68 Å². The summed E-state index contributed by atoms with van der Waals surface area (Å²) in [5.41, 5.74) is 4.94. The van der Waals surface area contributed by atoms with Gasteiger partial charge in [-0.1, -0.05) is 42.5 Å². The second-order valence-corrected chi connectivity index (χ2v) is 7.74. The van der Waals surface area contributed by atoms with Crippen molar-refractivity contribution in [2.45, 2.75) is 26.8 Å². The van der Waals surface area contributed by atoms with Crippen LogP contribution in [0.5, 0.6) is 11.5 Å². The number of phenolic OH excluding ortho intramolecular Hbond substituents is 2. The average Bonchev–Trinajstić information content (AvgIpc) is 3.23. The van der Waals surface area contributed by atoms with Crippen LogP contribution in [-0.4, -0.2) is 31.0 Å². The van der Waals surface area contributed by atoms with E-state index < -0.39 is 0 Å². The molecule has 0 unspecified atom stereocenters. The number of Topliss-reactive ketones (excluding diaryl/α,β-unsaturated/α-hetero) is 1. The monoisotopic (exact) mass is 438 g/mol. The lowest BCUT2D eigenvalue weighted by Crippen LogP contribution is -2.05. The molecule has 0 aliphatic heterocycles. The minimum absolute atomic E-state index is 0.0175. The Labute approximate surface area is 191 Å². The Morgan fingerprint density at radius 2 is 1.82 bits per heavy atom. The molecule has 4 aromatic rings. The zero-order valence-electron chi connectivity index (χ0n) is 18.3. The van der Waals surface area contributed by atoms with Gasteiger partial charge in [0.2, 0.25) is 0 Å². The number of aromatic nitrogens is 3. The number of hydrogen-bond acceptors (Lipinski definition) is 6. The lowest BCUT2D eigenvalue weighted by molar-refractivity contribution is 0.101. The molecule has 7 nitrogen and oxygen atoms in total. The van der Waals surface area contributed by atoms with Gasteiger partial charge in [0.25, 0.3) is 0 Å². The first kappa shape index (κ1) is 21.8. The molecular formula is C26H22N4O3. The third kappa shape index (κ3) is 4.32. The molecule has 4 rings (SSSR count). The first-order valence-corrected chi connectivity index (χ1v) is 10.5. The van der Waals surface area contributed by atoms with Gasteiger partial charge in [-0.3, -0.25) is 4.79 Å². The molecule has 2 N–H and O–H groups in total. The number of hydrogen-bond donors (Lipinski definition) is 2. The fourth-order valence-corrected chi connectivity index (χ4v) is 3.73. The van der Waals surface area contributed by atoms with E-state index in [1.54, 1.807) is 41.1 Å². The van der Waals surface area contributed by atoms with E-state index in [-0.39, 0.29) is 17.3 Å². The highest BCUT2D eigenvalue weighted by Crippen LogP contribution is 2.39. The smallest absolute Gasteiger partial charge is 0.159 e. The first-order valence-electron chi connectivity index (χ1n) is 10.5. The van der Waals surface area contributed by atoms with Crippen LogP contribution in [0.3, 0.4) is 0 Å². The summed E-state index contributed by atoms with van der Waals surface area (Å²) in [6.45, 7) is 3.79. The SMILES string of the molecule is CCc1cc(-c2nnn(Cc3ccc(C#N)cc3)c2-c2cccc(C(C)=O)c2)c(O)cc1O. The summed E-state index contributed by atoms with van der Waals surface area (Å²) < 4.78 is 1.70. The first-order chi connectivity index (χ1) is 15.9.